The Morgan fingerprint density at radius 2 is 2.31 bits per heavy atom. The van der Waals surface area contributed by atoms with Gasteiger partial charge in [-0.15, -0.1) is 0 Å². The van der Waals surface area contributed by atoms with Crippen LogP contribution >= 0.6 is 0 Å². The van der Waals surface area contributed by atoms with E-state index in [1.165, 1.54) is 6.26 Å². The molecule has 0 aromatic rings. The molecule has 0 bridgehead atoms. The van der Waals surface area contributed by atoms with Gasteiger partial charge < -0.3 is 15.3 Å². The summed E-state index contributed by atoms with van der Waals surface area (Å²) in [5.41, 5.74) is -0.0303. The largest absolute Gasteiger partial charge is 0.396 e. The number of fused-ring (bicyclic) bond motifs is 1. The van der Waals surface area contributed by atoms with E-state index in [1.54, 1.807) is 0 Å². The van der Waals surface area contributed by atoms with Gasteiger partial charge in [-0.25, -0.2) is 8.42 Å². The third-order valence-corrected chi connectivity index (χ3v) is 4.77. The highest BCUT2D eigenvalue weighted by Gasteiger charge is 2.48. The summed E-state index contributed by atoms with van der Waals surface area (Å²) in [5.74, 6) is 0.686. The summed E-state index contributed by atoms with van der Waals surface area (Å²) in [4.78, 5) is 2.17. The van der Waals surface area contributed by atoms with Gasteiger partial charge in [0, 0.05) is 37.8 Å². The second-order valence-electron chi connectivity index (χ2n) is 5.21. The number of likely N-dealkylation sites (tertiary alicyclic amines) is 1. The van der Waals surface area contributed by atoms with E-state index in [0.29, 0.717) is 12.5 Å². The van der Waals surface area contributed by atoms with Crippen LogP contribution in [0.15, 0.2) is 0 Å². The van der Waals surface area contributed by atoms with Crippen molar-refractivity contribution in [3.63, 3.8) is 0 Å². The number of nitrogens with one attached hydrogen (secondary N) is 1. The summed E-state index contributed by atoms with van der Waals surface area (Å²) >= 11 is 0. The Kier molecular flexibility index (Phi) is 3.27. The molecule has 2 aliphatic rings. The molecule has 0 aromatic carbocycles. The third kappa shape index (κ3) is 2.40. The topological polar surface area (TPSA) is 69.6 Å². The van der Waals surface area contributed by atoms with E-state index in [0.717, 1.165) is 26.2 Å². The van der Waals surface area contributed by atoms with E-state index in [-0.39, 0.29) is 17.8 Å². The number of sulfone groups is 1. The van der Waals surface area contributed by atoms with Crippen LogP contribution < -0.4 is 5.32 Å². The van der Waals surface area contributed by atoms with Gasteiger partial charge in [0.15, 0.2) is 0 Å². The van der Waals surface area contributed by atoms with Crippen LogP contribution in [0.3, 0.4) is 0 Å². The molecule has 0 aliphatic carbocycles. The van der Waals surface area contributed by atoms with Gasteiger partial charge in [0.05, 0.1) is 12.4 Å². The quantitative estimate of drug-likeness (QED) is 0.637. The van der Waals surface area contributed by atoms with Gasteiger partial charge in [0.2, 0.25) is 0 Å². The Labute approximate surface area is 96.7 Å². The Morgan fingerprint density at radius 3 is 2.88 bits per heavy atom. The molecule has 94 valence electrons. The first kappa shape index (κ1) is 12.3. The average Bonchev–Trinajstić information content (AvgIpc) is 2.69. The molecule has 2 saturated heterocycles. The number of nitrogens with zero attached hydrogens (tertiary/aromatic N) is 1. The molecule has 0 aromatic heterocycles. The zero-order valence-electron chi connectivity index (χ0n) is 9.65. The van der Waals surface area contributed by atoms with Crippen molar-refractivity contribution in [1.82, 2.24) is 10.2 Å². The zero-order chi connectivity index (χ0) is 11.8. The first-order chi connectivity index (χ1) is 7.45. The second kappa shape index (κ2) is 4.25. The van der Waals surface area contributed by atoms with E-state index in [1.807, 2.05) is 0 Å². The fourth-order valence-electron chi connectivity index (χ4n) is 2.82. The van der Waals surface area contributed by atoms with Crippen molar-refractivity contribution in [3.8, 4) is 0 Å². The third-order valence-electron chi connectivity index (χ3n) is 3.84. The Balaban J connectivity index is 1.93. The molecule has 0 radical (unpaired) electrons. The Hall–Kier alpha value is -0.170. The highest BCUT2D eigenvalue weighted by Crippen LogP contribution is 2.38. The molecule has 6 heteroatoms. The predicted molar refractivity (Wildman–Crippen MR) is 62.0 cm³/mol. The molecule has 2 rings (SSSR count). The number of aliphatic hydroxyl groups is 1. The minimum absolute atomic E-state index is 0.0303. The van der Waals surface area contributed by atoms with Crippen molar-refractivity contribution in [2.75, 3.05) is 51.3 Å². The molecule has 5 nitrogen and oxygen atoms in total. The van der Waals surface area contributed by atoms with Crippen LogP contribution in [-0.4, -0.2) is 69.8 Å². The molecule has 2 fully saturated rings. The van der Waals surface area contributed by atoms with Crippen LogP contribution in [0, 0.1) is 11.3 Å². The van der Waals surface area contributed by atoms with Gasteiger partial charge in [-0.05, 0) is 12.5 Å². The molecule has 2 heterocycles. The molecule has 0 spiro atoms. The lowest BCUT2D eigenvalue weighted by atomic mass is 9.82. The maximum absolute atomic E-state index is 11.1. The maximum atomic E-state index is 11.1. The summed E-state index contributed by atoms with van der Waals surface area (Å²) in [5, 5.41) is 12.8. The smallest absolute Gasteiger partial charge is 0.148 e. The lowest BCUT2D eigenvalue weighted by Gasteiger charge is -2.25. The fraction of sp³-hybridized carbons (Fsp3) is 1.00. The van der Waals surface area contributed by atoms with E-state index >= 15 is 0 Å². The molecule has 2 unspecified atom stereocenters. The molecule has 2 aliphatic heterocycles. The minimum Gasteiger partial charge on any atom is -0.396 e. The van der Waals surface area contributed by atoms with Gasteiger partial charge in [-0.2, -0.15) is 0 Å². The zero-order valence-corrected chi connectivity index (χ0v) is 10.5. The second-order valence-corrected chi connectivity index (χ2v) is 7.47. The van der Waals surface area contributed by atoms with Crippen LogP contribution in [0.4, 0.5) is 0 Å². The maximum Gasteiger partial charge on any atom is 0.148 e. The van der Waals surface area contributed by atoms with Crippen LogP contribution in [0.5, 0.6) is 0 Å². The van der Waals surface area contributed by atoms with E-state index in [2.05, 4.69) is 10.2 Å². The summed E-state index contributed by atoms with van der Waals surface area (Å²) < 4.78 is 22.2. The number of hydrogen-bond acceptors (Lipinski definition) is 5. The highest BCUT2D eigenvalue weighted by molar-refractivity contribution is 7.90. The van der Waals surface area contributed by atoms with Crippen molar-refractivity contribution in [1.29, 1.82) is 0 Å². The summed E-state index contributed by atoms with van der Waals surface area (Å²) in [6.07, 6.45) is 1.27. The van der Waals surface area contributed by atoms with E-state index in [9.17, 15) is 13.5 Å². The van der Waals surface area contributed by atoms with E-state index in [4.69, 9.17) is 0 Å². The monoisotopic (exact) mass is 248 g/mol. The van der Waals surface area contributed by atoms with Gasteiger partial charge >= 0.3 is 0 Å². The van der Waals surface area contributed by atoms with Crippen molar-refractivity contribution >= 4 is 9.84 Å². The first-order valence-electron chi connectivity index (χ1n) is 5.67. The van der Waals surface area contributed by atoms with Gasteiger partial charge in [-0.3, -0.25) is 0 Å². The molecule has 16 heavy (non-hydrogen) atoms. The van der Waals surface area contributed by atoms with Gasteiger partial charge in [0.25, 0.3) is 0 Å². The number of aliphatic hydroxyl groups excluding tert-OH is 1. The molecular formula is C10H20N2O3S. The molecular weight excluding hydrogens is 228 g/mol. The van der Waals surface area contributed by atoms with Crippen LogP contribution in [0.2, 0.25) is 0 Å². The lowest BCUT2D eigenvalue weighted by Crippen LogP contribution is -2.37. The Morgan fingerprint density at radius 1 is 1.56 bits per heavy atom. The SMILES string of the molecule is CS(=O)(=O)CCN1CC2CNCC2(CO)C1. The number of rotatable bonds is 4. The van der Waals surface area contributed by atoms with Crippen LogP contribution in [-0.2, 0) is 9.84 Å². The highest BCUT2D eigenvalue weighted by atomic mass is 32.2. The van der Waals surface area contributed by atoms with Gasteiger partial charge in [0.1, 0.15) is 9.84 Å². The lowest BCUT2D eigenvalue weighted by molar-refractivity contribution is 0.125. The predicted octanol–water partition coefficient (Wildman–Crippen LogP) is -1.46. The standard InChI is InChI=1S/C10H20N2O3S/c1-16(14,15)3-2-12-5-9-4-11-6-10(9,7-12)8-13/h9,11,13H,2-8H2,1H3. The van der Waals surface area contributed by atoms with Crippen molar-refractivity contribution in [2.24, 2.45) is 11.3 Å². The Bertz CT molecular complexity index is 357. The van der Waals surface area contributed by atoms with Gasteiger partial charge in [-0.1, -0.05) is 0 Å². The molecule has 0 amide bonds. The molecule has 2 N–H and O–H groups in total. The minimum atomic E-state index is -2.88. The molecule has 0 saturated carbocycles. The average molecular weight is 248 g/mol. The summed E-state index contributed by atoms with van der Waals surface area (Å²) in [6, 6.07) is 0. The van der Waals surface area contributed by atoms with Crippen molar-refractivity contribution in [3.05, 3.63) is 0 Å². The summed E-state index contributed by atoms with van der Waals surface area (Å²) in [6.45, 7) is 4.30. The van der Waals surface area contributed by atoms with Crippen molar-refractivity contribution < 1.29 is 13.5 Å². The molecule has 2 atom stereocenters. The fourth-order valence-corrected chi connectivity index (χ4v) is 3.41. The summed E-state index contributed by atoms with van der Waals surface area (Å²) in [7, 11) is -2.88. The normalized spacial score (nSPS) is 35.5. The van der Waals surface area contributed by atoms with Crippen molar-refractivity contribution in [2.45, 2.75) is 0 Å². The first-order valence-corrected chi connectivity index (χ1v) is 7.73. The van der Waals surface area contributed by atoms with Crippen LogP contribution in [0.1, 0.15) is 0 Å². The van der Waals surface area contributed by atoms with Crippen LogP contribution in [0.25, 0.3) is 0 Å². The van der Waals surface area contributed by atoms with E-state index < -0.39 is 9.84 Å². The number of hydrogen-bond donors (Lipinski definition) is 2.